The Morgan fingerprint density at radius 3 is 2.05 bits per heavy atom. The summed E-state index contributed by atoms with van der Waals surface area (Å²) < 4.78 is 8.52. The first-order valence-electron chi connectivity index (χ1n) is 20.7. The minimum absolute atomic E-state index is 0. The fraction of sp³-hybridized carbons (Fsp3) is 0.245. The second-order valence-corrected chi connectivity index (χ2v) is 22.6. The zero-order valence-electron chi connectivity index (χ0n) is 35.6. The molecule has 4 nitrogen and oxygen atoms in total. The van der Waals surface area contributed by atoms with Gasteiger partial charge in [0.25, 0.3) is 0 Å². The van der Waals surface area contributed by atoms with Gasteiger partial charge in [-0.15, -0.1) is 59.7 Å². The molecule has 0 N–H and O–H groups in total. The third-order valence-corrected chi connectivity index (χ3v) is 13.1. The van der Waals surface area contributed by atoms with Gasteiger partial charge in [-0.25, -0.2) is 0 Å². The molecule has 301 valence electrons. The number of hydrogen-bond acceptors (Lipinski definition) is 3. The summed E-state index contributed by atoms with van der Waals surface area (Å²) >= 11 is 0. The number of furan rings is 1. The van der Waals surface area contributed by atoms with Gasteiger partial charge in [0, 0.05) is 42.8 Å². The van der Waals surface area contributed by atoms with Crippen molar-refractivity contribution in [2.24, 2.45) is 5.92 Å². The maximum absolute atomic E-state index is 6.12. The molecule has 9 aromatic rings. The monoisotopic (exact) mass is 968 g/mol. The molecular formula is C53H53IrN3OSi-2. The number of imidazole rings is 1. The van der Waals surface area contributed by atoms with Crippen LogP contribution in [0.2, 0.25) is 19.6 Å². The van der Waals surface area contributed by atoms with Crippen molar-refractivity contribution in [2.75, 3.05) is 0 Å². The van der Waals surface area contributed by atoms with E-state index in [2.05, 4.69) is 174 Å². The normalized spacial score (nSPS) is 11.9. The second kappa shape index (κ2) is 17.2. The number of nitrogens with zero attached hydrogens (tertiary/aromatic N) is 3. The Morgan fingerprint density at radius 1 is 0.678 bits per heavy atom. The molecule has 0 amide bonds. The molecule has 0 spiro atoms. The fourth-order valence-electron chi connectivity index (χ4n) is 8.29. The maximum atomic E-state index is 6.12. The second-order valence-electron chi connectivity index (χ2n) is 17.6. The van der Waals surface area contributed by atoms with Gasteiger partial charge in [-0.1, -0.05) is 145 Å². The van der Waals surface area contributed by atoms with E-state index in [9.17, 15) is 0 Å². The van der Waals surface area contributed by atoms with Crippen molar-refractivity contribution in [3.63, 3.8) is 0 Å². The van der Waals surface area contributed by atoms with Crippen LogP contribution in [0.25, 0.3) is 72.1 Å². The van der Waals surface area contributed by atoms with Crippen molar-refractivity contribution in [2.45, 2.75) is 79.4 Å². The average molecular weight is 968 g/mol. The first kappa shape index (κ1) is 42.0. The molecule has 0 unspecified atom stereocenters. The molecule has 6 aromatic carbocycles. The van der Waals surface area contributed by atoms with E-state index < -0.39 is 8.07 Å². The largest absolute Gasteiger partial charge is 0.500 e. The standard InChI is InChI=1S/C35H29N2O.C18H24NSi.Ir/c1-21(2)25-13-9-14-26(22(3)4)33(25)37-34-27-11-6-5-10-23(27)16-18-30(34)36-35(37)24-17-19-32-29(20-24)28-12-7-8-15-31(28)38-32;1-14(2)11-16-12-17(15-9-7-6-8-10-15)19-13-18(16)20(3,4)5;/h5-16,18-22H,1-4H3;6-9,12-14H,11H2,1-5H3;/q2*-1;. The van der Waals surface area contributed by atoms with Crippen LogP contribution in [0.15, 0.2) is 132 Å². The molecule has 0 aliphatic heterocycles. The zero-order valence-corrected chi connectivity index (χ0v) is 39.0. The van der Waals surface area contributed by atoms with Gasteiger partial charge in [-0.3, -0.25) is 4.98 Å². The molecule has 3 heterocycles. The van der Waals surface area contributed by atoms with E-state index in [1.807, 2.05) is 36.4 Å². The molecular weight excluding hydrogens is 915 g/mol. The summed E-state index contributed by atoms with van der Waals surface area (Å²) in [4.78, 5) is 9.97. The predicted molar refractivity (Wildman–Crippen MR) is 248 cm³/mol. The Hall–Kier alpha value is -5.13. The fourth-order valence-corrected chi connectivity index (χ4v) is 9.88. The van der Waals surface area contributed by atoms with E-state index in [0.717, 1.165) is 62.0 Å². The van der Waals surface area contributed by atoms with Gasteiger partial charge in [-0.2, -0.15) is 0 Å². The van der Waals surface area contributed by atoms with Crippen LogP contribution in [0.1, 0.15) is 70.1 Å². The molecule has 0 saturated heterocycles. The third-order valence-electron chi connectivity index (χ3n) is 11.1. The Morgan fingerprint density at radius 2 is 1.37 bits per heavy atom. The molecule has 0 bridgehead atoms. The van der Waals surface area contributed by atoms with Gasteiger partial charge in [0.05, 0.1) is 30.5 Å². The smallest absolute Gasteiger partial charge is 0.120 e. The quantitative estimate of drug-likeness (QED) is 0.113. The molecule has 6 heteroatoms. The maximum Gasteiger partial charge on any atom is 0.120 e. The van der Waals surface area contributed by atoms with Gasteiger partial charge >= 0.3 is 0 Å². The summed E-state index contributed by atoms with van der Waals surface area (Å²) in [6.07, 6.45) is 3.24. The molecule has 3 aromatic heterocycles. The van der Waals surface area contributed by atoms with Crippen LogP contribution in [-0.4, -0.2) is 22.6 Å². The minimum atomic E-state index is -1.34. The number of hydrogen-bond donors (Lipinski definition) is 0. The predicted octanol–water partition coefficient (Wildman–Crippen LogP) is 14.1. The van der Waals surface area contributed by atoms with Crippen LogP contribution >= 0.6 is 0 Å². The SMILES string of the molecule is CC(C)Cc1cc(-c2[c-]cccc2)ncc1[Si](C)(C)C.CC(C)c1cccc(C(C)C)c1-n1c(-c2[c-]cc3oc4ccccc4c3c2)nc2ccc3ccccc3c21.[Ir]. The molecule has 0 aliphatic rings. The summed E-state index contributed by atoms with van der Waals surface area (Å²) in [6, 6.07) is 49.2. The molecule has 0 saturated carbocycles. The molecule has 0 aliphatic carbocycles. The van der Waals surface area contributed by atoms with Gasteiger partial charge < -0.3 is 14.0 Å². The van der Waals surface area contributed by atoms with Crippen molar-refractivity contribution in [1.82, 2.24) is 14.5 Å². The van der Waals surface area contributed by atoms with E-state index >= 15 is 0 Å². The number of rotatable bonds is 8. The summed E-state index contributed by atoms with van der Waals surface area (Å²) in [7, 11) is -1.34. The first-order chi connectivity index (χ1) is 27.9. The van der Waals surface area contributed by atoms with Crippen LogP contribution in [0, 0.1) is 18.1 Å². The molecule has 0 fully saturated rings. The van der Waals surface area contributed by atoms with E-state index in [4.69, 9.17) is 9.40 Å². The molecule has 1 radical (unpaired) electrons. The van der Waals surface area contributed by atoms with Crippen LogP contribution in [-0.2, 0) is 26.5 Å². The summed E-state index contributed by atoms with van der Waals surface area (Å²) in [5, 5.41) is 6.09. The molecule has 0 atom stereocenters. The first-order valence-corrected chi connectivity index (χ1v) is 24.2. The average Bonchev–Trinajstić information content (AvgIpc) is 3.79. The van der Waals surface area contributed by atoms with E-state index in [1.165, 1.54) is 38.3 Å². The zero-order chi connectivity index (χ0) is 40.7. The van der Waals surface area contributed by atoms with Crippen LogP contribution < -0.4 is 5.19 Å². The molecule has 9 rings (SSSR count). The van der Waals surface area contributed by atoms with Gasteiger partial charge in [-0.05, 0) is 63.7 Å². The number of aromatic nitrogens is 3. The Kier molecular flexibility index (Phi) is 12.3. The van der Waals surface area contributed by atoms with Crippen LogP contribution in [0.5, 0.6) is 0 Å². The van der Waals surface area contributed by atoms with Gasteiger partial charge in [0.1, 0.15) is 5.58 Å². The number of para-hydroxylation sites is 2. The van der Waals surface area contributed by atoms with E-state index in [0.29, 0.717) is 17.8 Å². The topological polar surface area (TPSA) is 43.9 Å². The molecule has 59 heavy (non-hydrogen) atoms. The summed E-state index contributed by atoms with van der Waals surface area (Å²) in [6.45, 7) is 20.8. The van der Waals surface area contributed by atoms with Crippen molar-refractivity contribution in [3.8, 4) is 28.3 Å². The van der Waals surface area contributed by atoms with Crippen LogP contribution in [0.4, 0.5) is 0 Å². The Balaban J connectivity index is 0.000000214. The third kappa shape index (κ3) is 8.37. The summed E-state index contributed by atoms with van der Waals surface area (Å²) in [5.74, 6) is 2.28. The number of fused-ring (bicyclic) bond motifs is 6. The Bertz CT molecular complexity index is 2870. The number of pyridine rings is 1. The Labute approximate surface area is 364 Å². The van der Waals surface area contributed by atoms with Crippen molar-refractivity contribution in [1.29, 1.82) is 0 Å². The van der Waals surface area contributed by atoms with E-state index in [-0.39, 0.29) is 20.1 Å². The van der Waals surface area contributed by atoms with Gasteiger partial charge in [0.15, 0.2) is 0 Å². The van der Waals surface area contributed by atoms with Gasteiger partial charge in [0.2, 0.25) is 0 Å². The number of benzene rings is 6. The van der Waals surface area contributed by atoms with E-state index in [1.54, 1.807) is 0 Å². The summed E-state index contributed by atoms with van der Waals surface area (Å²) in [5.41, 5.74) is 12.3. The van der Waals surface area contributed by atoms with Crippen molar-refractivity contribution >= 4 is 57.0 Å². The van der Waals surface area contributed by atoms with Crippen molar-refractivity contribution in [3.05, 3.63) is 156 Å². The minimum Gasteiger partial charge on any atom is -0.500 e. The van der Waals surface area contributed by atoms with Crippen LogP contribution in [0.3, 0.4) is 0 Å². The van der Waals surface area contributed by atoms with Crippen molar-refractivity contribution < 1.29 is 24.5 Å².